The first kappa shape index (κ1) is 17.7. The van der Waals surface area contributed by atoms with Crippen LogP contribution in [0.25, 0.3) is 0 Å². The average Bonchev–Trinajstić information content (AvgIpc) is 2.86. The molecule has 0 saturated carbocycles. The highest BCUT2D eigenvalue weighted by Crippen LogP contribution is 2.31. The van der Waals surface area contributed by atoms with Gasteiger partial charge in [-0.1, -0.05) is 48.2 Å². The number of amides is 1. The summed E-state index contributed by atoms with van der Waals surface area (Å²) in [7, 11) is 1.61. The lowest BCUT2D eigenvalue weighted by molar-refractivity contribution is -0.120. The van der Waals surface area contributed by atoms with Crippen molar-refractivity contribution in [3.8, 4) is 0 Å². The van der Waals surface area contributed by atoms with Crippen LogP contribution in [0.4, 0.5) is 0 Å². The monoisotopic (exact) mass is 335 g/mol. The van der Waals surface area contributed by atoms with Crippen LogP contribution in [0.5, 0.6) is 0 Å². The van der Waals surface area contributed by atoms with Crippen LogP contribution in [-0.2, 0) is 9.53 Å². The van der Waals surface area contributed by atoms with Crippen LogP contribution < -0.4 is 5.32 Å². The lowest BCUT2D eigenvalue weighted by atomic mass is 10.4. The molecule has 1 N–H and O–H groups in total. The number of nitrogens with zero attached hydrogens (tertiary/aromatic N) is 2. The summed E-state index contributed by atoms with van der Waals surface area (Å²) < 4.78 is 6.72. The number of carbonyl (C=O) groups excluding carboxylic acids is 1. The molecule has 0 bridgehead atoms. The molecule has 0 aromatic carbocycles. The lowest BCUT2D eigenvalue weighted by Crippen LogP contribution is -2.33. The van der Waals surface area contributed by atoms with E-state index in [1.54, 1.807) is 30.2 Å². The van der Waals surface area contributed by atoms with Crippen LogP contribution in [-0.4, -0.2) is 47.4 Å². The van der Waals surface area contributed by atoms with Gasteiger partial charge in [0.1, 0.15) is 0 Å². The Morgan fingerprint density at radius 3 is 2.90 bits per heavy atom. The summed E-state index contributed by atoms with van der Waals surface area (Å²) in [5, 5.41) is 10.9. The van der Waals surface area contributed by atoms with Gasteiger partial charge in [0, 0.05) is 19.4 Å². The molecule has 1 rings (SSSR count). The molecule has 0 radical (unpaired) electrons. The van der Waals surface area contributed by atoms with Crippen molar-refractivity contribution in [2.75, 3.05) is 26.0 Å². The van der Waals surface area contributed by atoms with E-state index in [4.69, 9.17) is 4.74 Å². The van der Waals surface area contributed by atoms with E-state index in [2.05, 4.69) is 22.4 Å². The van der Waals surface area contributed by atoms with Gasteiger partial charge in [-0.15, -0.1) is 10.2 Å². The van der Waals surface area contributed by atoms with Crippen LogP contribution >= 0.6 is 34.9 Å². The third kappa shape index (κ3) is 6.92. The number of nitrogens with one attached hydrogen (secondary N) is 1. The molecule has 0 spiro atoms. The highest BCUT2D eigenvalue weighted by molar-refractivity contribution is 8.03. The van der Waals surface area contributed by atoms with Crippen molar-refractivity contribution >= 4 is 40.8 Å². The van der Waals surface area contributed by atoms with Gasteiger partial charge in [-0.3, -0.25) is 4.79 Å². The van der Waals surface area contributed by atoms with Gasteiger partial charge < -0.3 is 10.1 Å². The molecule has 1 amide bonds. The zero-order chi connectivity index (χ0) is 14.8. The van der Waals surface area contributed by atoms with E-state index in [0.717, 1.165) is 14.4 Å². The van der Waals surface area contributed by atoms with Gasteiger partial charge in [0.2, 0.25) is 5.91 Å². The molecule has 20 heavy (non-hydrogen) atoms. The minimum absolute atomic E-state index is 0.00226. The third-order valence-corrected chi connectivity index (χ3v) is 5.69. The average molecular weight is 336 g/mol. The number of rotatable bonds is 10. The lowest BCUT2D eigenvalue weighted by Gasteiger charge is -2.09. The molecule has 8 heteroatoms. The minimum Gasteiger partial charge on any atom is -0.383 e. The molecule has 1 atom stereocenters. The second-order valence-electron chi connectivity index (χ2n) is 4.08. The van der Waals surface area contributed by atoms with Crippen molar-refractivity contribution in [2.24, 2.45) is 0 Å². The van der Waals surface area contributed by atoms with Gasteiger partial charge in [-0.2, -0.15) is 0 Å². The van der Waals surface area contributed by atoms with Crippen LogP contribution in [0, 0.1) is 0 Å². The first-order chi connectivity index (χ1) is 9.67. The van der Waals surface area contributed by atoms with Crippen LogP contribution in [0.2, 0.25) is 0 Å². The molecule has 1 aromatic heterocycles. The van der Waals surface area contributed by atoms with E-state index in [1.807, 2.05) is 6.92 Å². The highest BCUT2D eigenvalue weighted by Gasteiger charge is 2.16. The first-order valence-corrected chi connectivity index (χ1v) is 9.25. The SMILES string of the molecule is CCCCSc1nnc(S[C@@H](C)C(=O)NCCOC)s1. The molecule has 114 valence electrons. The van der Waals surface area contributed by atoms with E-state index < -0.39 is 0 Å². The number of ether oxygens (including phenoxy) is 1. The van der Waals surface area contributed by atoms with E-state index in [-0.39, 0.29) is 11.2 Å². The topological polar surface area (TPSA) is 64.1 Å². The van der Waals surface area contributed by atoms with Gasteiger partial charge in [-0.25, -0.2) is 0 Å². The Kier molecular flexibility index (Phi) is 9.24. The van der Waals surface area contributed by atoms with Crippen molar-refractivity contribution in [3.63, 3.8) is 0 Å². The molecule has 0 aliphatic heterocycles. The molecule has 0 fully saturated rings. The van der Waals surface area contributed by atoms with Crippen molar-refractivity contribution in [3.05, 3.63) is 0 Å². The van der Waals surface area contributed by atoms with Crippen molar-refractivity contribution in [2.45, 2.75) is 40.6 Å². The second kappa shape index (κ2) is 10.4. The van der Waals surface area contributed by atoms with E-state index >= 15 is 0 Å². The zero-order valence-corrected chi connectivity index (χ0v) is 14.5. The summed E-state index contributed by atoms with van der Waals surface area (Å²) >= 11 is 4.74. The van der Waals surface area contributed by atoms with Gasteiger partial charge in [0.25, 0.3) is 0 Å². The summed E-state index contributed by atoms with van der Waals surface area (Å²) in [6.45, 7) is 5.11. The molecule has 0 aliphatic carbocycles. The molecule has 5 nitrogen and oxygen atoms in total. The Morgan fingerprint density at radius 1 is 1.45 bits per heavy atom. The fraction of sp³-hybridized carbons (Fsp3) is 0.750. The molecular weight excluding hydrogens is 314 g/mol. The summed E-state index contributed by atoms with van der Waals surface area (Å²) in [6, 6.07) is 0. The summed E-state index contributed by atoms with van der Waals surface area (Å²) in [4.78, 5) is 11.8. The number of hydrogen-bond donors (Lipinski definition) is 1. The quantitative estimate of drug-likeness (QED) is 0.524. The van der Waals surface area contributed by atoms with Crippen molar-refractivity contribution in [1.29, 1.82) is 0 Å². The van der Waals surface area contributed by atoms with Crippen LogP contribution in [0.15, 0.2) is 8.68 Å². The molecule has 0 aliphatic rings. The summed E-state index contributed by atoms with van der Waals surface area (Å²) in [6.07, 6.45) is 2.37. The normalized spacial score (nSPS) is 12.3. The predicted molar refractivity (Wildman–Crippen MR) is 85.7 cm³/mol. The first-order valence-electron chi connectivity index (χ1n) is 6.57. The Bertz CT molecular complexity index is 401. The zero-order valence-electron chi connectivity index (χ0n) is 12.0. The molecule has 0 saturated heterocycles. The fourth-order valence-electron chi connectivity index (χ4n) is 1.23. The Hall–Kier alpha value is -0.310. The predicted octanol–water partition coefficient (Wildman–Crippen LogP) is 2.67. The van der Waals surface area contributed by atoms with Crippen LogP contribution in [0.3, 0.4) is 0 Å². The molecule has 1 aromatic rings. The van der Waals surface area contributed by atoms with Crippen molar-refractivity contribution in [1.82, 2.24) is 15.5 Å². The molecule has 1 heterocycles. The van der Waals surface area contributed by atoms with Gasteiger partial charge in [0.15, 0.2) is 8.68 Å². The van der Waals surface area contributed by atoms with Crippen LogP contribution in [0.1, 0.15) is 26.7 Å². The largest absolute Gasteiger partial charge is 0.383 e. The minimum atomic E-state index is -0.173. The number of hydrogen-bond acceptors (Lipinski definition) is 7. The highest BCUT2D eigenvalue weighted by atomic mass is 32.2. The summed E-state index contributed by atoms with van der Waals surface area (Å²) in [5.41, 5.74) is 0. The van der Waals surface area contributed by atoms with Crippen molar-refractivity contribution < 1.29 is 9.53 Å². The van der Waals surface area contributed by atoms with E-state index in [0.29, 0.717) is 13.2 Å². The standard InChI is InChI=1S/C12H21N3O2S3/c1-4-5-8-18-11-14-15-12(20-11)19-9(2)10(16)13-6-7-17-3/h9H,4-8H2,1-3H3,(H,13,16)/t9-/m0/s1. The summed E-state index contributed by atoms with van der Waals surface area (Å²) in [5.74, 6) is 1.07. The Morgan fingerprint density at radius 2 is 2.20 bits per heavy atom. The number of aromatic nitrogens is 2. The van der Waals surface area contributed by atoms with Gasteiger partial charge in [-0.05, 0) is 13.3 Å². The number of methoxy groups -OCH3 is 1. The maximum Gasteiger partial charge on any atom is 0.233 e. The third-order valence-electron chi connectivity index (χ3n) is 2.36. The fourth-order valence-corrected chi connectivity index (χ4v) is 4.57. The number of thioether (sulfide) groups is 2. The smallest absolute Gasteiger partial charge is 0.233 e. The van der Waals surface area contributed by atoms with Gasteiger partial charge in [0.05, 0.1) is 11.9 Å². The van der Waals surface area contributed by atoms with Gasteiger partial charge >= 0.3 is 0 Å². The molecule has 0 unspecified atom stereocenters. The Balaban J connectivity index is 2.34. The maximum absolute atomic E-state index is 11.8. The maximum atomic E-state index is 11.8. The molecular formula is C12H21N3O2S3. The number of unbranched alkanes of at least 4 members (excludes halogenated alkanes) is 1. The van der Waals surface area contributed by atoms with E-state index in [9.17, 15) is 4.79 Å². The second-order valence-corrected chi connectivity index (χ2v) is 7.99. The Labute approximate surface area is 132 Å². The van der Waals surface area contributed by atoms with E-state index in [1.165, 1.54) is 24.6 Å². The number of carbonyl (C=O) groups is 1.